The van der Waals surface area contributed by atoms with Crippen molar-refractivity contribution in [2.45, 2.75) is 51.0 Å². The van der Waals surface area contributed by atoms with Crippen molar-refractivity contribution in [2.24, 2.45) is 0 Å². The Morgan fingerprint density at radius 2 is 1.81 bits per heavy atom. The number of carbonyl (C=O) groups is 1. The summed E-state index contributed by atoms with van der Waals surface area (Å²) in [6.07, 6.45) is 2.66. The zero-order chi connectivity index (χ0) is 26.7. The molecule has 0 saturated carbocycles. The molecule has 1 unspecified atom stereocenters. The molecule has 2 aromatic carbocycles. The topological polar surface area (TPSA) is 73.8 Å². The van der Waals surface area contributed by atoms with Gasteiger partial charge in [0.25, 0.3) is 5.91 Å². The number of sulfonamides is 1. The molecule has 0 aliphatic carbocycles. The third kappa shape index (κ3) is 5.84. The number of halogens is 2. The fraction of sp³-hybridized carbons (Fsp3) is 0.462. The number of carbonyl (C=O) groups excluding carboxylic acids is 1. The summed E-state index contributed by atoms with van der Waals surface area (Å²) in [5.41, 5.74) is 0.301. The zero-order valence-corrected chi connectivity index (χ0v) is 22.9. The van der Waals surface area contributed by atoms with E-state index in [0.29, 0.717) is 17.8 Å². The molecule has 11 heteroatoms. The minimum Gasteiger partial charge on any atom is -0.302 e. The molecule has 2 heterocycles. The lowest BCUT2D eigenvalue weighted by atomic mass is 10.1. The van der Waals surface area contributed by atoms with Gasteiger partial charge in [-0.25, -0.2) is 22.2 Å². The predicted molar refractivity (Wildman–Crippen MR) is 143 cm³/mol. The van der Waals surface area contributed by atoms with Gasteiger partial charge in [0.2, 0.25) is 10.0 Å². The molecular formula is C26H32F2N4O3S2. The van der Waals surface area contributed by atoms with Crippen LogP contribution >= 0.6 is 11.3 Å². The van der Waals surface area contributed by atoms with Gasteiger partial charge in [-0.05, 0) is 63.2 Å². The second-order valence-corrected chi connectivity index (χ2v) is 12.1. The summed E-state index contributed by atoms with van der Waals surface area (Å²) in [5, 5.41) is 0.260. The van der Waals surface area contributed by atoms with E-state index in [2.05, 4.69) is 9.88 Å². The van der Waals surface area contributed by atoms with Crippen molar-refractivity contribution in [1.29, 1.82) is 0 Å². The van der Waals surface area contributed by atoms with E-state index < -0.39 is 21.7 Å². The van der Waals surface area contributed by atoms with Crippen molar-refractivity contribution in [3.05, 3.63) is 53.6 Å². The summed E-state index contributed by atoms with van der Waals surface area (Å²) < 4.78 is 56.3. The highest BCUT2D eigenvalue weighted by Crippen LogP contribution is 2.32. The van der Waals surface area contributed by atoms with Gasteiger partial charge in [-0.15, -0.1) is 0 Å². The van der Waals surface area contributed by atoms with Crippen LogP contribution < -0.4 is 4.90 Å². The van der Waals surface area contributed by atoms with Crippen LogP contribution in [0.3, 0.4) is 0 Å². The number of nitrogens with zero attached hydrogens (tertiary/aromatic N) is 4. The summed E-state index contributed by atoms with van der Waals surface area (Å²) in [4.78, 5) is 21.7. The van der Waals surface area contributed by atoms with Gasteiger partial charge in [-0.3, -0.25) is 9.69 Å². The fourth-order valence-electron chi connectivity index (χ4n) is 4.62. The van der Waals surface area contributed by atoms with Crippen LogP contribution in [0.1, 0.15) is 50.4 Å². The molecule has 0 N–H and O–H groups in total. The number of aromatic nitrogens is 1. The van der Waals surface area contributed by atoms with Gasteiger partial charge in [0.15, 0.2) is 10.9 Å². The van der Waals surface area contributed by atoms with Crippen LogP contribution in [0, 0.1) is 11.6 Å². The Morgan fingerprint density at radius 1 is 1.11 bits per heavy atom. The van der Waals surface area contributed by atoms with Crippen LogP contribution in [0.4, 0.5) is 13.9 Å². The van der Waals surface area contributed by atoms with E-state index in [1.807, 2.05) is 20.8 Å². The summed E-state index contributed by atoms with van der Waals surface area (Å²) in [6.45, 7) is 8.87. The predicted octanol–water partition coefficient (Wildman–Crippen LogP) is 5.13. The fourth-order valence-corrected chi connectivity index (χ4v) is 7.34. The average Bonchev–Trinajstić information content (AvgIpc) is 3.30. The molecule has 1 aromatic heterocycles. The normalized spacial score (nSPS) is 17.0. The number of amides is 1. The maximum absolute atomic E-state index is 14.3. The molecule has 4 rings (SSSR count). The number of piperidine rings is 1. The molecule has 0 spiro atoms. The van der Waals surface area contributed by atoms with Crippen LogP contribution in [0.5, 0.6) is 0 Å². The standard InChI is InChI=1S/C26H32F2N4O3S2/c1-4-30(5-2)14-15-31(26-29-24-22(28)16-20(27)17-23(24)36-26)25(33)19-9-11-21(12-10-19)37(34,35)32-13-7-6-8-18(32)3/h9-12,16-18H,4-8,13-15H2,1-3H3. The number of hydrogen-bond acceptors (Lipinski definition) is 6. The SMILES string of the molecule is CCN(CC)CCN(C(=O)c1ccc(S(=O)(=O)N2CCCCC2C)cc1)c1nc2c(F)cc(F)cc2s1. The van der Waals surface area contributed by atoms with Crippen LogP contribution in [-0.4, -0.2) is 67.3 Å². The lowest BCUT2D eigenvalue weighted by Gasteiger charge is -2.32. The number of anilines is 1. The molecule has 7 nitrogen and oxygen atoms in total. The van der Waals surface area contributed by atoms with E-state index in [9.17, 15) is 22.0 Å². The van der Waals surface area contributed by atoms with Crippen LogP contribution in [-0.2, 0) is 10.0 Å². The van der Waals surface area contributed by atoms with Gasteiger partial charge in [0, 0.05) is 37.3 Å². The first-order valence-corrected chi connectivity index (χ1v) is 14.8. The van der Waals surface area contributed by atoms with Crippen LogP contribution in [0.15, 0.2) is 41.3 Å². The van der Waals surface area contributed by atoms with Crippen LogP contribution in [0.25, 0.3) is 10.2 Å². The highest BCUT2D eigenvalue weighted by atomic mass is 32.2. The van der Waals surface area contributed by atoms with Crippen molar-refractivity contribution < 1.29 is 22.0 Å². The van der Waals surface area contributed by atoms with Gasteiger partial charge in [0.05, 0.1) is 9.60 Å². The number of benzene rings is 2. The Hall–Kier alpha value is -2.47. The number of rotatable bonds is 9. The molecule has 37 heavy (non-hydrogen) atoms. The van der Waals surface area contributed by atoms with Gasteiger partial charge < -0.3 is 4.90 Å². The molecule has 200 valence electrons. The Balaban J connectivity index is 1.64. The van der Waals surface area contributed by atoms with Crippen molar-refractivity contribution in [2.75, 3.05) is 37.6 Å². The van der Waals surface area contributed by atoms with E-state index in [4.69, 9.17) is 0 Å². The quantitative estimate of drug-likeness (QED) is 0.370. The lowest BCUT2D eigenvalue weighted by Crippen LogP contribution is -2.42. The Kier molecular flexibility index (Phi) is 8.57. The first-order chi connectivity index (χ1) is 17.6. The van der Waals surface area contributed by atoms with Gasteiger partial charge in [0.1, 0.15) is 11.3 Å². The monoisotopic (exact) mass is 550 g/mol. The van der Waals surface area contributed by atoms with Gasteiger partial charge in [-0.1, -0.05) is 31.6 Å². The highest BCUT2D eigenvalue weighted by Gasteiger charge is 2.31. The van der Waals surface area contributed by atoms with Crippen LogP contribution in [0.2, 0.25) is 0 Å². The Morgan fingerprint density at radius 3 is 2.46 bits per heavy atom. The van der Waals surface area contributed by atoms with E-state index >= 15 is 0 Å². The third-order valence-electron chi connectivity index (χ3n) is 6.86. The lowest BCUT2D eigenvalue weighted by molar-refractivity contribution is 0.0983. The van der Waals surface area contributed by atoms with E-state index in [0.717, 1.165) is 49.8 Å². The smallest absolute Gasteiger partial charge is 0.260 e. The van der Waals surface area contributed by atoms with E-state index in [-0.39, 0.29) is 39.6 Å². The molecule has 1 atom stereocenters. The molecule has 3 aromatic rings. The number of fused-ring (bicyclic) bond motifs is 1. The molecule has 1 aliphatic heterocycles. The van der Waals surface area contributed by atoms with Crippen molar-refractivity contribution in [3.8, 4) is 0 Å². The van der Waals surface area contributed by atoms with Gasteiger partial charge in [-0.2, -0.15) is 4.31 Å². The molecule has 0 bridgehead atoms. The van der Waals surface area contributed by atoms with Crippen molar-refractivity contribution in [1.82, 2.24) is 14.2 Å². The summed E-state index contributed by atoms with van der Waals surface area (Å²) in [6, 6.07) is 7.83. The second-order valence-electron chi connectivity index (χ2n) is 9.20. The minimum absolute atomic E-state index is 0.0131. The summed E-state index contributed by atoms with van der Waals surface area (Å²) in [7, 11) is -3.67. The number of likely N-dealkylation sites (N-methyl/N-ethyl adjacent to an activating group) is 1. The van der Waals surface area contributed by atoms with E-state index in [1.54, 1.807) is 0 Å². The third-order valence-corrected chi connectivity index (χ3v) is 9.92. The summed E-state index contributed by atoms with van der Waals surface area (Å²) in [5.74, 6) is -1.88. The minimum atomic E-state index is -3.67. The second kappa shape index (κ2) is 11.5. The molecule has 1 amide bonds. The Labute approximate surface area is 220 Å². The molecule has 1 fully saturated rings. The molecule has 0 radical (unpaired) electrons. The maximum atomic E-state index is 14.3. The number of thiazole rings is 1. The van der Waals surface area contributed by atoms with E-state index in [1.165, 1.54) is 39.5 Å². The molecule has 1 saturated heterocycles. The Bertz CT molecular complexity index is 1360. The maximum Gasteiger partial charge on any atom is 0.260 e. The van der Waals surface area contributed by atoms with Gasteiger partial charge >= 0.3 is 0 Å². The highest BCUT2D eigenvalue weighted by molar-refractivity contribution is 7.89. The van der Waals surface area contributed by atoms with Crippen molar-refractivity contribution in [3.63, 3.8) is 0 Å². The largest absolute Gasteiger partial charge is 0.302 e. The zero-order valence-electron chi connectivity index (χ0n) is 21.3. The average molecular weight is 551 g/mol. The first-order valence-electron chi connectivity index (χ1n) is 12.6. The van der Waals surface area contributed by atoms with Crippen molar-refractivity contribution >= 4 is 42.6 Å². The summed E-state index contributed by atoms with van der Waals surface area (Å²) >= 11 is 1.04. The first kappa shape index (κ1) is 27.6. The molecule has 1 aliphatic rings. The molecular weight excluding hydrogens is 518 g/mol. The number of hydrogen-bond donors (Lipinski definition) is 0.